The number of para-hydroxylation sites is 1. The Labute approximate surface area is 165 Å². The van der Waals surface area contributed by atoms with E-state index in [-0.39, 0.29) is 5.02 Å². The molecule has 2 N–H and O–H groups in total. The summed E-state index contributed by atoms with van der Waals surface area (Å²) in [5.41, 5.74) is 1.75. The molecule has 28 heavy (non-hydrogen) atoms. The molecule has 0 aliphatic heterocycles. The summed E-state index contributed by atoms with van der Waals surface area (Å²) in [6.07, 6.45) is 0. The van der Waals surface area contributed by atoms with Gasteiger partial charge in [-0.1, -0.05) is 23.7 Å². The highest BCUT2D eigenvalue weighted by Gasteiger charge is 2.12. The van der Waals surface area contributed by atoms with Crippen molar-refractivity contribution in [1.29, 1.82) is 5.26 Å². The molecule has 7 heteroatoms. The Bertz CT molecular complexity index is 1090. The summed E-state index contributed by atoms with van der Waals surface area (Å²) in [6, 6.07) is 18.5. The number of nitriles is 1. The van der Waals surface area contributed by atoms with Crippen molar-refractivity contribution in [2.45, 2.75) is 0 Å². The molecule has 2 amide bonds. The zero-order chi connectivity index (χ0) is 20.1. The molecule has 0 atom stereocenters. The van der Waals surface area contributed by atoms with E-state index >= 15 is 0 Å². The monoisotopic (exact) mass is 393 g/mol. The highest BCUT2D eigenvalue weighted by molar-refractivity contribution is 6.31. The molecule has 0 radical (unpaired) electrons. The average molecular weight is 394 g/mol. The molecule has 0 aliphatic carbocycles. The molecular weight excluding hydrogens is 381 g/mol. The Balaban J connectivity index is 1.70. The summed E-state index contributed by atoms with van der Waals surface area (Å²) in [7, 11) is 0. The molecule has 0 fully saturated rings. The van der Waals surface area contributed by atoms with E-state index in [0.717, 1.165) is 6.07 Å². The van der Waals surface area contributed by atoms with Crippen molar-refractivity contribution in [3.8, 4) is 6.07 Å². The van der Waals surface area contributed by atoms with Crippen LogP contribution < -0.4 is 10.6 Å². The second-order valence-electron chi connectivity index (χ2n) is 5.77. The number of rotatable bonds is 4. The molecule has 3 aromatic rings. The molecular formula is C21H13ClFN3O2. The fourth-order valence-corrected chi connectivity index (χ4v) is 2.61. The minimum Gasteiger partial charge on any atom is -0.322 e. The number of amides is 2. The molecule has 0 aliphatic rings. The van der Waals surface area contributed by atoms with Crippen LogP contribution in [0.4, 0.5) is 15.8 Å². The van der Waals surface area contributed by atoms with E-state index in [2.05, 4.69) is 10.6 Å². The number of benzene rings is 3. The SMILES string of the molecule is N#Cc1ccccc1NC(=O)c1ccc(C(=O)Nc2ccc(F)c(Cl)c2)cc1. The van der Waals surface area contributed by atoms with Gasteiger partial charge < -0.3 is 10.6 Å². The lowest BCUT2D eigenvalue weighted by Crippen LogP contribution is -2.15. The predicted octanol–water partition coefficient (Wildman–Crippen LogP) is 4.86. The van der Waals surface area contributed by atoms with Crippen LogP contribution in [0.5, 0.6) is 0 Å². The lowest BCUT2D eigenvalue weighted by Gasteiger charge is -2.08. The van der Waals surface area contributed by atoms with E-state index in [0.29, 0.717) is 28.1 Å². The van der Waals surface area contributed by atoms with E-state index in [9.17, 15) is 14.0 Å². The Hall–Kier alpha value is -3.69. The van der Waals surface area contributed by atoms with E-state index < -0.39 is 17.6 Å². The number of hydrogen-bond acceptors (Lipinski definition) is 3. The van der Waals surface area contributed by atoms with Crippen LogP contribution >= 0.6 is 11.6 Å². The van der Waals surface area contributed by atoms with Crippen LogP contribution in [-0.2, 0) is 0 Å². The third kappa shape index (κ3) is 4.34. The molecule has 0 saturated carbocycles. The number of anilines is 2. The molecule has 3 aromatic carbocycles. The summed E-state index contributed by atoms with van der Waals surface area (Å²) >= 11 is 5.70. The van der Waals surface area contributed by atoms with Gasteiger partial charge in [-0.25, -0.2) is 4.39 Å². The first kappa shape index (κ1) is 19.1. The topological polar surface area (TPSA) is 82.0 Å². The fourth-order valence-electron chi connectivity index (χ4n) is 2.43. The summed E-state index contributed by atoms with van der Waals surface area (Å²) in [5.74, 6) is -1.41. The first-order valence-corrected chi connectivity index (χ1v) is 8.52. The number of carbonyl (C=O) groups is 2. The van der Waals surface area contributed by atoms with Gasteiger partial charge in [-0.3, -0.25) is 9.59 Å². The van der Waals surface area contributed by atoms with Crippen molar-refractivity contribution < 1.29 is 14.0 Å². The summed E-state index contributed by atoms with van der Waals surface area (Å²) < 4.78 is 13.2. The van der Waals surface area contributed by atoms with Crippen molar-refractivity contribution in [1.82, 2.24) is 0 Å². The van der Waals surface area contributed by atoms with Gasteiger partial charge in [-0.2, -0.15) is 5.26 Å². The number of carbonyl (C=O) groups excluding carboxylic acids is 2. The largest absolute Gasteiger partial charge is 0.322 e. The van der Waals surface area contributed by atoms with Crippen molar-refractivity contribution in [2.24, 2.45) is 0 Å². The minimum absolute atomic E-state index is 0.0949. The second-order valence-corrected chi connectivity index (χ2v) is 6.18. The third-order valence-electron chi connectivity index (χ3n) is 3.88. The highest BCUT2D eigenvalue weighted by atomic mass is 35.5. The summed E-state index contributed by atoms with van der Waals surface area (Å²) in [5, 5.41) is 14.3. The van der Waals surface area contributed by atoms with Crippen molar-refractivity contribution in [3.05, 3.63) is 94.3 Å². The Morgan fingerprint density at radius 2 is 1.50 bits per heavy atom. The second kappa shape index (κ2) is 8.33. The van der Waals surface area contributed by atoms with Crippen LogP contribution in [0.3, 0.4) is 0 Å². The quantitative estimate of drug-likeness (QED) is 0.664. The van der Waals surface area contributed by atoms with Gasteiger partial charge in [0.15, 0.2) is 0 Å². The lowest BCUT2D eigenvalue weighted by molar-refractivity contribution is 0.101. The first-order valence-electron chi connectivity index (χ1n) is 8.15. The Morgan fingerprint density at radius 1 is 0.893 bits per heavy atom. The minimum atomic E-state index is -0.576. The van der Waals surface area contributed by atoms with Crippen molar-refractivity contribution >= 4 is 34.8 Å². The maximum Gasteiger partial charge on any atom is 0.255 e. The van der Waals surface area contributed by atoms with Gasteiger partial charge in [0.2, 0.25) is 0 Å². The Kier molecular flexibility index (Phi) is 5.68. The molecule has 3 rings (SSSR count). The van der Waals surface area contributed by atoms with Gasteiger partial charge in [-0.15, -0.1) is 0 Å². The van der Waals surface area contributed by atoms with Crippen LogP contribution in [-0.4, -0.2) is 11.8 Å². The Morgan fingerprint density at radius 3 is 2.11 bits per heavy atom. The lowest BCUT2D eigenvalue weighted by atomic mass is 10.1. The standard InChI is InChI=1S/C21H13ClFN3O2/c22-17-11-16(9-10-18(17)23)25-20(27)13-5-7-14(8-6-13)21(28)26-19-4-2-1-3-15(19)12-24/h1-11H,(H,25,27)(H,26,28). The zero-order valence-electron chi connectivity index (χ0n) is 14.4. The van der Waals surface area contributed by atoms with Crippen molar-refractivity contribution in [3.63, 3.8) is 0 Å². The van der Waals surface area contributed by atoms with Crippen LogP contribution in [0.2, 0.25) is 5.02 Å². The summed E-state index contributed by atoms with van der Waals surface area (Å²) in [6.45, 7) is 0. The number of halogens is 2. The van der Waals surface area contributed by atoms with Crippen molar-refractivity contribution in [2.75, 3.05) is 10.6 Å². The molecule has 0 spiro atoms. The van der Waals surface area contributed by atoms with Gasteiger partial charge in [0.25, 0.3) is 11.8 Å². The molecule has 5 nitrogen and oxygen atoms in total. The number of nitrogens with one attached hydrogen (secondary N) is 2. The molecule has 0 aromatic heterocycles. The van der Waals surface area contributed by atoms with Crippen LogP contribution in [0.25, 0.3) is 0 Å². The molecule has 138 valence electrons. The maximum absolute atomic E-state index is 13.2. The van der Waals surface area contributed by atoms with E-state index in [1.165, 1.54) is 36.4 Å². The first-order chi connectivity index (χ1) is 13.5. The third-order valence-corrected chi connectivity index (χ3v) is 4.17. The van der Waals surface area contributed by atoms with Gasteiger partial charge in [-0.05, 0) is 54.6 Å². The van der Waals surface area contributed by atoms with Crippen LogP contribution in [0.1, 0.15) is 26.3 Å². The maximum atomic E-state index is 13.2. The molecule has 0 heterocycles. The van der Waals surface area contributed by atoms with Crippen LogP contribution in [0, 0.1) is 17.1 Å². The van der Waals surface area contributed by atoms with E-state index in [1.807, 2.05) is 6.07 Å². The molecule has 0 unspecified atom stereocenters. The predicted molar refractivity (Wildman–Crippen MR) is 105 cm³/mol. The van der Waals surface area contributed by atoms with Gasteiger partial charge in [0.05, 0.1) is 16.3 Å². The molecule has 0 saturated heterocycles. The van der Waals surface area contributed by atoms with Gasteiger partial charge >= 0.3 is 0 Å². The highest BCUT2D eigenvalue weighted by Crippen LogP contribution is 2.20. The van der Waals surface area contributed by atoms with Gasteiger partial charge in [0.1, 0.15) is 11.9 Å². The van der Waals surface area contributed by atoms with E-state index in [1.54, 1.807) is 24.3 Å². The normalized spacial score (nSPS) is 10.0. The molecule has 0 bridgehead atoms. The number of nitrogens with zero attached hydrogens (tertiary/aromatic N) is 1. The fraction of sp³-hybridized carbons (Fsp3) is 0. The van der Waals surface area contributed by atoms with E-state index in [4.69, 9.17) is 16.9 Å². The number of hydrogen-bond donors (Lipinski definition) is 2. The zero-order valence-corrected chi connectivity index (χ0v) is 15.1. The smallest absolute Gasteiger partial charge is 0.255 e. The average Bonchev–Trinajstić information content (AvgIpc) is 2.71. The summed E-state index contributed by atoms with van der Waals surface area (Å²) in [4.78, 5) is 24.6. The van der Waals surface area contributed by atoms with Crippen LogP contribution in [0.15, 0.2) is 66.7 Å². The van der Waals surface area contributed by atoms with Gasteiger partial charge in [0, 0.05) is 16.8 Å².